The van der Waals surface area contributed by atoms with Gasteiger partial charge in [-0.2, -0.15) is 0 Å². The summed E-state index contributed by atoms with van der Waals surface area (Å²) in [5, 5.41) is 10.2. The van der Waals surface area contributed by atoms with Gasteiger partial charge in [0.25, 0.3) is 0 Å². The van der Waals surface area contributed by atoms with Gasteiger partial charge in [0.1, 0.15) is 17.4 Å². The quantitative estimate of drug-likeness (QED) is 0.226. The third kappa shape index (κ3) is 7.35. The zero-order valence-electron chi connectivity index (χ0n) is 17.3. The minimum absolute atomic E-state index is 0.0178. The second-order valence-electron chi connectivity index (χ2n) is 6.56. The first-order chi connectivity index (χ1) is 14.8. The van der Waals surface area contributed by atoms with E-state index < -0.39 is 11.9 Å². The Morgan fingerprint density at radius 3 is 2.68 bits per heavy atom. The molecule has 0 bridgehead atoms. The lowest BCUT2D eigenvalue weighted by Crippen LogP contribution is -2.31. The van der Waals surface area contributed by atoms with Crippen LogP contribution >= 0.6 is 46.0 Å². The molecule has 0 spiro atoms. The van der Waals surface area contributed by atoms with Gasteiger partial charge in [0, 0.05) is 26.6 Å². The summed E-state index contributed by atoms with van der Waals surface area (Å²) >= 11 is 9.77. The Kier molecular flexibility index (Phi) is 10.6. The normalized spacial score (nSPS) is 12.5. The number of hydrogen-bond acceptors (Lipinski definition) is 6. The van der Waals surface area contributed by atoms with Gasteiger partial charge in [-0.3, -0.25) is 4.99 Å². The molecule has 0 fully saturated rings. The molecule has 0 aliphatic rings. The molecule has 2 aromatic carbocycles. The van der Waals surface area contributed by atoms with Gasteiger partial charge in [0.05, 0.1) is 24.3 Å². The molecule has 5 nitrogen and oxygen atoms in total. The van der Waals surface area contributed by atoms with Crippen molar-refractivity contribution in [2.24, 2.45) is 10.7 Å². The SMILES string of the molecule is C=C(S/C(=N\C)c1ccc(OCCC)c(Cl)c1)c1cc(F)c(OC[C@H](N)CO)cc1I. The molecule has 0 saturated carbocycles. The highest BCUT2D eigenvalue weighted by Crippen LogP contribution is 2.36. The van der Waals surface area contributed by atoms with Crippen LogP contribution in [-0.2, 0) is 0 Å². The van der Waals surface area contributed by atoms with E-state index in [1.807, 2.05) is 19.1 Å². The first kappa shape index (κ1) is 25.9. The highest BCUT2D eigenvalue weighted by molar-refractivity contribution is 14.1. The van der Waals surface area contributed by atoms with Crippen molar-refractivity contribution in [3.05, 3.63) is 62.4 Å². The van der Waals surface area contributed by atoms with E-state index in [-0.39, 0.29) is 19.0 Å². The monoisotopic (exact) mass is 578 g/mol. The van der Waals surface area contributed by atoms with E-state index in [1.54, 1.807) is 19.2 Å². The number of aliphatic imine (C=N–C) groups is 1. The van der Waals surface area contributed by atoms with E-state index >= 15 is 0 Å². The van der Waals surface area contributed by atoms with Gasteiger partial charge in [-0.25, -0.2) is 4.39 Å². The van der Waals surface area contributed by atoms with E-state index in [2.05, 4.69) is 34.2 Å². The number of rotatable bonds is 10. The lowest BCUT2D eigenvalue weighted by molar-refractivity contribution is 0.202. The Hall–Kier alpha value is -1.33. The van der Waals surface area contributed by atoms with Crippen LogP contribution in [0.3, 0.4) is 0 Å². The van der Waals surface area contributed by atoms with Crippen molar-refractivity contribution < 1.29 is 19.0 Å². The maximum absolute atomic E-state index is 14.5. The Bertz CT molecular complexity index is 959. The van der Waals surface area contributed by atoms with Crippen molar-refractivity contribution in [3.63, 3.8) is 0 Å². The molecule has 0 aliphatic carbocycles. The summed E-state index contributed by atoms with van der Waals surface area (Å²) in [5.41, 5.74) is 7.06. The number of aliphatic hydroxyl groups is 1. The van der Waals surface area contributed by atoms with Crippen LogP contribution in [0.1, 0.15) is 24.5 Å². The maximum atomic E-state index is 14.5. The molecule has 0 aliphatic heterocycles. The number of thioether (sulfide) groups is 1. The number of aliphatic hydroxyl groups excluding tert-OH is 1. The van der Waals surface area contributed by atoms with Gasteiger partial charge in [0.2, 0.25) is 0 Å². The number of hydrogen-bond donors (Lipinski definition) is 2. The molecule has 2 rings (SSSR count). The van der Waals surface area contributed by atoms with Gasteiger partial charge in [-0.05, 0) is 59.3 Å². The highest BCUT2D eigenvalue weighted by atomic mass is 127. The summed E-state index contributed by atoms with van der Waals surface area (Å²) in [6, 6.07) is 7.87. The van der Waals surface area contributed by atoms with Crippen LogP contribution in [-0.4, -0.2) is 43.1 Å². The molecule has 0 heterocycles. The zero-order chi connectivity index (χ0) is 23.0. The van der Waals surface area contributed by atoms with Gasteiger partial charge in [-0.15, -0.1) is 0 Å². The Balaban J connectivity index is 2.17. The first-order valence-corrected chi connectivity index (χ1v) is 11.8. The van der Waals surface area contributed by atoms with E-state index in [0.29, 0.717) is 32.9 Å². The molecule has 2 aromatic rings. The zero-order valence-corrected chi connectivity index (χ0v) is 21.1. The summed E-state index contributed by atoms with van der Waals surface area (Å²) in [5.74, 6) is 0.172. The predicted octanol–water partition coefficient (Wildman–Crippen LogP) is 5.35. The van der Waals surface area contributed by atoms with Crippen LogP contribution in [0.25, 0.3) is 4.91 Å². The van der Waals surface area contributed by atoms with Gasteiger partial charge >= 0.3 is 0 Å². The van der Waals surface area contributed by atoms with E-state index in [9.17, 15) is 4.39 Å². The molecule has 31 heavy (non-hydrogen) atoms. The summed E-state index contributed by atoms with van der Waals surface area (Å²) in [6.45, 7) is 6.50. The average molecular weight is 579 g/mol. The summed E-state index contributed by atoms with van der Waals surface area (Å²) in [4.78, 5) is 4.98. The fraction of sp³-hybridized carbons (Fsp3) is 0.318. The molecule has 0 radical (unpaired) electrons. The lowest BCUT2D eigenvalue weighted by Gasteiger charge is -2.15. The number of benzene rings is 2. The molecule has 1 atom stereocenters. The van der Waals surface area contributed by atoms with E-state index in [0.717, 1.165) is 15.6 Å². The third-order valence-electron chi connectivity index (χ3n) is 4.07. The maximum Gasteiger partial charge on any atom is 0.165 e. The number of ether oxygens (including phenoxy) is 2. The van der Waals surface area contributed by atoms with Crippen LogP contribution in [0.5, 0.6) is 11.5 Å². The topological polar surface area (TPSA) is 77.1 Å². The second-order valence-corrected chi connectivity index (χ2v) is 9.22. The van der Waals surface area contributed by atoms with Crippen LogP contribution < -0.4 is 15.2 Å². The van der Waals surface area contributed by atoms with Crippen molar-refractivity contribution in [1.29, 1.82) is 0 Å². The summed E-state index contributed by atoms with van der Waals surface area (Å²) < 4.78 is 26.3. The molecular formula is C22H25ClFIN2O3S. The number of nitrogens with zero attached hydrogens (tertiary/aromatic N) is 1. The van der Waals surface area contributed by atoms with Crippen molar-refractivity contribution in [1.82, 2.24) is 0 Å². The molecular weight excluding hydrogens is 554 g/mol. The van der Waals surface area contributed by atoms with E-state index in [1.165, 1.54) is 17.8 Å². The fourth-order valence-electron chi connectivity index (χ4n) is 2.47. The smallest absolute Gasteiger partial charge is 0.165 e. The highest BCUT2D eigenvalue weighted by Gasteiger charge is 2.16. The lowest BCUT2D eigenvalue weighted by atomic mass is 10.2. The van der Waals surface area contributed by atoms with Crippen molar-refractivity contribution in [2.75, 3.05) is 26.9 Å². The van der Waals surface area contributed by atoms with Crippen LogP contribution in [0.4, 0.5) is 4.39 Å². The Morgan fingerprint density at radius 1 is 1.32 bits per heavy atom. The van der Waals surface area contributed by atoms with Crippen molar-refractivity contribution in [2.45, 2.75) is 19.4 Å². The Labute approximate surface area is 205 Å². The standard InChI is InChI=1S/C22H25ClFIN2O3S/c1-4-7-29-20-6-5-14(8-17(20)23)22(27-3)31-13(2)16-9-18(24)21(10-19(16)25)30-12-15(26)11-28/h5-6,8-10,15,28H,2,4,7,11-12,26H2,1,3H3/b27-22-/t15-/m1/s1. The summed E-state index contributed by atoms with van der Waals surface area (Å²) in [7, 11) is 1.68. The number of nitrogens with two attached hydrogens (primary N) is 1. The molecule has 0 amide bonds. The summed E-state index contributed by atoms with van der Waals surface area (Å²) in [6.07, 6.45) is 0.892. The predicted molar refractivity (Wildman–Crippen MR) is 136 cm³/mol. The van der Waals surface area contributed by atoms with Crippen LogP contribution in [0.2, 0.25) is 5.02 Å². The first-order valence-electron chi connectivity index (χ1n) is 9.55. The molecule has 3 N–H and O–H groups in total. The van der Waals surface area contributed by atoms with Gasteiger partial charge in [-0.1, -0.05) is 36.9 Å². The molecule has 0 aromatic heterocycles. The van der Waals surface area contributed by atoms with Crippen LogP contribution in [0.15, 0.2) is 41.9 Å². The molecule has 0 unspecified atom stereocenters. The van der Waals surface area contributed by atoms with Gasteiger partial charge in [0.15, 0.2) is 11.6 Å². The second kappa shape index (κ2) is 12.6. The Morgan fingerprint density at radius 2 is 2.06 bits per heavy atom. The fourth-order valence-corrected chi connectivity index (χ4v) is 4.50. The van der Waals surface area contributed by atoms with E-state index in [4.69, 9.17) is 31.9 Å². The molecule has 0 saturated heterocycles. The van der Waals surface area contributed by atoms with Crippen molar-refractivity contribution in [3.8, 4) is 11.5 Å². The molecule has 9 heteroatoms. The van der Waals surface area contributed by atoms with Gasteiger partial charge < -0.3 is 20.3 Å². The molecule has 168 valence electrons. The number of halogens is 3. The largest absolute Gasteiger partial charge is 0.492 e. The average Bonchev–Trinajstić information content (AvgIpc) is 2.76. The van der Waals surface area contributed by atoms with Crippen LogP contribution in [0, 0.1) is 9.39 Å². The van der Waals surface area contributed by atoms with Crippen molar-refractivity contribution >= 4 is 55.9 Å². The minimum Gasteiger partial charge on any atom is -0.492 e. The third-order valence-corrected chi connectivity index (χ3v) is 6.34. The minimum atomic E-state index is -0.573.